The van der Waals surface area contributed by atoms with Gasteiger partial charge in [-0.3, -0.25) is 10.2 Å². The molecule has 6 N–H and O–H groups in total. The van der Waals surface area contributed by atoms with Gasteiger partial charge in [-0.1, -0.05) is 23.2 Å². The van der Waals surface area contributed by atoms with Crippen LogP contribution in [0.25, 0.3) is 0 Å². The molecule has 1 rings (SSSR count). The lowest BCUT2D eigenvalue weighted by atomic mass is 10.3. The summed E-state index contributed by atoms with van der Waals surface area (Å²) in [6.07, 6.45) is 0. The number of aliphatic imine (C=N–C) groups is 1. The highest BCUT2D eigenvalue weighted by Gasteiger charge is 2.04. The molecule has 0 unspecified atom stereocenters. The molecule has 1 aromatic carbocycles. The van der Waals surface area contributed by atoms with Gasteiger partial charge in [0.15, 0.2) is 0 Å². The highest BCUT2D eigenvalue weighted by Crippen LogP contribution is 2.22. The van der Waals surface area contributed by atoms with E-state index < -0.39 is 18.5 Å². The van der Waals surface area contributed by atoms with Gasteiger partial charge in [0.1, 0.15) is 6.54 Å². The Morgan fingerprint density at radius 2 is 1.80 bits per heavy atom. The summed E-state index contributed by atoms with van der Waals surface area (Å²) in [5, 5.41) is 11.5. The summed E-state index contributed by atoms with van der Waals surface area (Å²) >= 11 is 11.5. The Morgan fingerprint density at radius 1 is 1.20 bits per heavy atom. The first-order chi connectivity index (χ1) is 9.36. The Labute approximate surface area is 123 Å². The summed E-state index contributed by atoms with van der Waals surface area (Å²) in [4.78, 5) is 25.1. The summed E-state index contributed by atoms with van der Waals surface area (Å²) in [5.41, 5.74) is 10.1. The number of nitrogens with zero attached hydrogens (tertiary/aromatic N) is 1. The van der Waals surface area contributed by atoms with Gasteiger partial charge in [-0.2, -0.15) is 0 Å². The van der Waals surface area contributed by atoms with E-state index >= 15 is 0 Å². The number of halogens is 2. The van der Waals surface area contributed by atoms with Gasteiger partial charge < -0.3 is 16.2 Å². The van der Waals surface area contributed by atoms with E-state index in [0.29, 0.717) is 15.7 Å². The van der Waals surface area contributed by atoms with E-state index in [2.05, 4.69) is 21.2 Å². The second-order valence-electron chi connectivity index (χ2n) is 3.46. The smallest absolute Gasteiger partial charge is 0.337 e. The molecule has 0 bridgehead atoms. The third-order valence-corrected chi connectivity index (χ3v) is 2.25. The number of carbonyl (C=O) groups excluding carboxylic acids is 1. The zero-order chi connectivity index (χ0) is 15.1. The van der Waals surface area contributed by atoms with Crippen molar-refractivity contribution in [3.63, 3.8) is 0 Å². The molecule has 0 spiro atoms. The number of amides is 2. The van der Waals surface area contributed by atoms with Crippen LogP contribution in [0.1, 0.15) is 0 Å². The SMILES string of the molecule is NC(=NCC(=O)O)NNC(=O)Nc1cc(Cl)cc(Cl)c1. The zero-order valence-electron chi connectivity index (χ0n) is 9.98. The Balaban J connectivity index is 2.47. The van der Waals surface area contributed by atoms with Crippen molar-refractivity contribution in [2.75, 3.05) is 11.9 Å². The van der Waals surface area contributed by atoms with E-state index in [4.69, 9.17) is 34.0 Å². The topological polar surface area (TPSA) is 129 Å². The summed E-state index contributed by atoms with van der Waals surface area (Å²) in [5.74, 6) is -1.39. The van der Waals surface area contributed by atoms with Crippen LogP contribution in [0.15, 0.2) is 23.2 Å². The predicted octanol–water partition coefficient (Wildman–Crippen LogP) is 1.02. The number of carbonyl (C=O) groups is 2. The molecule has 2 amide bonds. The number of nitrogens with one attached hydrogen (secondary N) is 3. The quantitative estimate of drug-likeness (QED) is 0.323. The minimum absolute atomic E-state index is 0.244. The van der Waals surface area contributed by atoms with Crippen molar-refractivity contribution < 1.29 is 14.7 Å². The van der Waals surface area contributed by atoms with Gasteiger partial charge in [0, 0.05) is 15.7 Å². The van der Waals surface area contributed by atoms with Crippen LogP contribution >= 0.6 is 23.2 Å². The standard InChI is InChI=1S/C10H11Cl2N5O3/c11-5-1-6(12)3-7(2-5)15-10(20)17-16-9(13)14-4-8(18)19/h1-3H,4H2,(H,18,19)(H3,13,14,16)(H2,15,17,20). The maximum atomic E-state index is 11.5. The Bertz CT molecular complexity index is 529. The average Bonchev–Trinajstić information content (AvgIpc) is 2.32. The van der Waals surface area contributed by atoms with E-state index in [9.17, 15) is 9.59 Å². The largest absolute Gasteiger partial charge is 0.480 e. The van der Waals surface area contributed by atoms with Gasteiger partial charge in [0.05, 0.1) is 0 Å². The molecule has 10 heteroatoms. The number of carboxylic acids is 1. The van der Waals surface area contributed by atoms with Crippen molar-refractivity contribution in [1.82, 2.24) is 10.9 Å². The van der Waals surface area contributed by atoms with Crippen LogP contribution in [-0.2, 0) is 4.79 Å². The van der Waals surface area contributed by atoms with Crippen molar-refractivity contribution in [1.29, 1.82) is 0 Å². The maximum absolute atomic E-state index is 11.5. The van der Waals surface area contributed by atoms with Gasteiger partial charge in [-0.15, -0.1) is 0 Å². The molecule has 20 heavy (non-hydrogen) atoms. The molecule has 0 radical (unpaired) electrons. The molecular weight excluding hydrogens is 309 g/mol. The number of hydrazine groups is 1. The van der Waals surface area contributed by atoms with Gasteiger partial charge in [-0.25, -0.2) is 15.2 Å². The monoisotopic (exact) mass is 319 g/mol. The average molecular weight is 320 g/mol. The Kier molecular flexibility index (Phi) is 5.88. The number of aliphatic carboxylic acids is 1. The van der Waals surface area contributed by atoms with E-state index in [1.165, 1.54) is 18.2 Å². The molecule has 0 aliphatic carbocycles. The summed E-state index contributed by atoms with van der Waals surface area (Å²) in [7, 11) is 0. The number of anilines is 1. The third kappa shape index (κ3) is 6.12. The first kappa shape index (κ1) is 15.9. The first-order valence-electron chi connectivity index (χ1n) is 5.17. The molecular formula is C10H11Cl2N5O3. The molecule has 8 nitrogen and oxygen atoms in total. The molecule has 108 valence electrons. The lowest BCUT2D eigenvalue weighted by molar-refractivity contribution is -0.135. The lowest BCUT2D eigenvalue weighted by Crippen LogP contribution is -2.47. The number of guanidine groups is 1. The van der Waals surface area contributed by atoms with Crippen LogP contribution in [0.4, 0.5) is 10.5 Å². The van der Waals surface area contributed by atoms with E-state index in [1.54, 1.807) is 0 Å². The second kappa shape index (κ2) is 7.41. The Hall–Kier alpha value is -2.19. The second-order valence-corrected chi connectivity index (χ2v) is 4.33. The molecule has 0 fully saturated rings. The highest BCUT2D eigenvalue weighted by atomic mass is 35.5. The van der Waals surface area contributed by atoms with Crippen LogP contribution in [0.3, 0.4) is 0 Å². The number of hydrogen-bond acceptors (Lipinski definition) is 3. The number of hydrogen-bond donors (Lipinski definition) is 5. The Morgan fingerprint density at radius 3 is 2.35 bits per heavy atom. The fraction of sp³-hybridized carbons (Fsp3) is 0.100. The van der Waals surface area contributed by atoms with Crippen molar-refractivity contribution in [3.05, 3.63) is 28.2 Å². The summed E-state index contributed by atoms with van der Waals surface area (Å²) < 4.78 is 0. The van der Waals surface area contributed by atoms with E-state index in [1.807, 2.05) is 0 Å². The zero-order valence-corrected chi connectivity index (χ0v) is 11.5. The molecule has 0 saturated heterocycles. The van der Waals surface area contributed by atoms with Crippen molar-refractivity contribution in [2.24, 2.45) is 10.7 Å². The molecule has 1 aromatic rings. The van der Waals surface area contributed by atoms with Gasteiger partial charge in [0.25, 0.3) is 0 Å². The van der Waals surface area contributed by atoms with Crippen molar-refractivity contribution in [3.8, 4) is 0 Å². The number of urea groups is 1. The van der Waals surface area contributed by atoms with Crippen molar-refractivity contribution >= 4 is 46.8 Å². The molecule has 0 saturated carbocycles. The minimum Gasteiger partial charge on any atom is -0.480 e. The fourth-order valence-electron chi connectivity index (χ4n) is 1.10. The predicted molar refractivity (Wildman–Crippen MR) is 75.9 cm³/mol. The minimum atomic E-state index is -1.15. The molecule has 0 aliphatic rings. The number of nitrogens with two attached hydrogens (primary N) is 1. The van der Waals surface area contributed by atoms with Crippen LogP contribution in [0, 0.1) is 0 Å². The number of carboxylic acid groups (broad SMARTS) is 1. The molecule has 0 heterocycles. The molecule has 0 aromatic heterocycles. The number of rotatable bonds is 3. The third-order valence-electron chi connectivity index (χ3n) is 1.81. The van der Waals surface area contributed by atoms with E-state index in [-0.39, 0.29) is 5.96 Å². The first-order valence-corrected chi connectivity index (χ1v) is 5.93. The van der Waals surface area contributed by atoms with Gasteiger partial charge in [0.2, 0.25) is 5.96 Å². The van der Waals surface area contributed by atoms with Crippen molar-refractivity contribution in [2.45, 2.75) is 0 Å². The van der Waals surface area contributed by atoms with Crippen LogP contribution in [0.5, 0.6) is 0 Å². The maximum Gasteiger partial charge on any atom is 0.337 e. The van der Waals surface area contributed by atoms with Crippen LogP contribution in [-0.4, -0.2) is 29.6 Å². The summed E-state index contributed by atoms with van der Waals surface area (Å²) in [6, 6.07) is 3.85. The normalized spacial score (nSPS) is 10.8. The molecule has 0 atom stereocenters. The molecule has 0 aliphatic heterocycles. The highest BCUT2D eigenvalue weighted by molar-refractivity contribution is 6.35. The van der Waals surface area contributed by atoms with Gasteiger partial charge >= 0.3 is 12.0 Å². The number of benzene rings is 1. The fourth-order valence-corrected chi connectivity index (χ4v) is 1.63. The van der Waals surface area contributed by atoms with Crippen LogP contribution < -0.4 is 21.9 Å². The van der Waals surface area contributed by atoms with E-state index in [0.717, 1.165) is 0 Å². The summed E-state index contributed by atoms with van der Waals surface area (Å²) in [6.45, 7) is -0.508. The lowest BCUT2D eigenvalue weighted by Gasteiger charge is -2.09. The van der Waals surface area contributed by atoms with Crippen LogP contribution in [0.2, 0.25) is 10.0 Å². The van der Waals surface area contributed by atoms with Gasteiger partial charge in [-0.05, 0) is 18.2 Å².